The van der Waals surface area contributed by atoms with Crippen molar-refractivity contribution in [1.29, 1.82) is 5.26 Å². The van der Waals surface area contributed by atoms with Crippen LogP contribution in [-0.4, -0.2) is 59.2 Å². The zero-order valence-corrected chi connectivity index (χ0v) is 20.3. The SMILES string of the molecule is COc1ccc(CN2CC(COc3nc(-c4cccc(C#N)c4)nc(N)c3C(=O)O)CC2=O)c(OC)c1. The molecule has 11 nitrogen and oxygen atoms in total. The molecule has 4 rings (SSSR count). The molecule has 0 aliphatic carbocycles. The fraction of sp³-hybridized carbons (Fsp3) is 0.269. The number of carboxylic acid groups (broad SMARTS) is 1. The number of nitriles is 1. The Labute approximate surface area is 213 Å². The van der Waals surface area contributed by atoms with Crippen LogP contribution < -0.4 is 19.9 Å². The van der Waals surface area contributed by atoms with Crippen molar-refractivity contribution in [3.63, 3.8) is 0 Å². The van der Waals surface area contributed by atoms with E-state index in [-0.39, 0.29) is 47.9 Å². The lowest BCUT2D eigenvalue weighted by Gasteiger charge is -2.19. The highest BCUT2D eigenvalue weighted by Gasteiger charge is 2.31. The molecule has 1 unspecified atom stereocenters. The van der Waals surface area contributed by atoms with Crippen molar-refractivity contribution in [2.24, 2.45) is 5.92 Å². The minimum Gasteiger partial charge on any atom is -0.497 e. The Morgan fingerprint density at radius 2 is 2.03 bits per heavy atom. The van der Waals surface area contributed by atoms with E-state index >= 15 is 0 Å². The Hall–Kier alpha value is -4.85. The first kappa shape index (κ1) is 25.2. The molecule has 3 N–H and O–H groups in total. The number of anilines is 1. The van der Waals surface area contributed by atoms with Gasteiger partial charge in [0.15, 0.2) is 11.4 Å². The molecule has 1 aliphatic rings. The van der Waals surface area contributed by atoms with Crippen LogP contribution in [0.3, 0.4) is 0 Å². The van der Waals surface area contributed by atoms with Gasteiger partial charge in [-0.05, 0) is 24.3 Å². The molecule has 1 aromatic heterocycles. The standard InChI is InChI=1S/C26H25N5O6/c1-35-19-7-6-18(20(10-19)36-2)13-31-12-16(9-21(31)32)14-37-25-22(26(33)34)23(28)29-24(30-25)17-5-3-4-15(8-17)11-27/h3-8,10,16H,9,12-14H2,1-2H3,(H,33,34)(H2,28,29,30). The molecule has 0 saturated carbocycles. The molecule has 3 aromatic rings. The molecule has 1 fully saturated rings. The van der Waals surface area contributed by atoms with Gasteiger partial charge in [-0.1, -0.05) is 12.1 Å². The van der Waals surface area contributed by atoms with Crippen molar-refractivity contribution >= 4 is 17.7 Å². The van der Waals surface area contributed by atoms with Crippen LogP contribution in [0, 0.1) is 17.2 Å². The highest BCUT2D eigenvalue weighted by molar-refractivity contribution is 5.95. The predicted molar refractivity (Wildman–Crippen MR) is 132 cm³/mol. The number of hydrogen-bond donors (Lipinski definition) is 2. The summed E-state index contributed by atoms with van der Waals surface area (Å²) in [5.74, 6) is -0.642. The molecule has 0 spiro atoms. The lowest BCUT2D eigenvalue weighted by atomic mass is 10.1. The molecule has 2 aromatic carbocycles. The zero-order valence-electron chi connectivity index (χ0n) is 20.3. The van der Waals surface area contributed by atoms with Crippen molar-refractivity contribution in [3.05, 3.63) is 59.2 Å². The second kappa shape index (κ2) is 10.8. The van der Waals surface area contributed by atoms with Crippen LogP contribution >= 0.6 is 0 Å². The van der Waals surface area contributed by atoms with Crippen LogP contribution in [0.25, 0.3) is 11.4 Å². The number of ether oxygens (including phenoxy) is 3. The summed E-state index contributed by atoms with van der Waals surface area (Å²) in [4.78, 5) is 34.6. The van der Waals surface area contributed by atoms with Crippen molar-refractivity contribution in [2.75, 3.05) is 33.1 Å². The van der Waals surface area contributed by atoms with Gasteiger partial charge >= 0.3 is 5.97 Å². The van der Waals surface area contributed by atoms with Crippen molar-refractivity contribution in [1.82, 2.24) is 14.9 Å². The molecule has 1 aliphatic heterocycles. The maximum absolute atomic E-state index is 12.7. The number of carbonyl (C=O) groups is 2. The third-order valence-corrected chi connectivity index (χ3v) is 5.97. The molecular formula is C26H25N5O6. The Morgan fingerprint density at radius 1 is 1.22 bits per heavy atom. The summed E-state index contributed by atoms with van der Waals surface area (Å²) in [7, 11) is 3.12. The summed E-state index contributed by atoms with van der Waals surface area (Å²) in [6.45, 7) is 0.813. The highest BCUT2D eigenvalue weighted by atomic mass is 16.5. The van der Waals surface area contributed by atoms with Gasteiger partial charge in [0, 0.05) is 42.6 Å². The van der Waals surface area contributed by atoms with Gasteiger partial charge in [-0.2, -0.15) is 10.2 Å². The number of nitrogens with two attached hydrogens (primary N) is 1. The number of nitrogen functional groups attached to an aromatic ring is 1. The molecule has 0 radical (unpaired) electrons. The molecule has 1 atom stereocenters. The van der Waals surface area contributed by atoms with Gasteiger partial charge in [-0.3, -0.25) is 4.79 Å². The van der Waals surface area contributed by atoms with E-state index in [1.165, 1.54) is 0 Å². The van der Waals surface area contributed by atoms with E-state index in [9.17, 15) is 14.7 Å². The van der Waals surface area contributed by atoms with Crippen LogP contribution in [0.1, 0.15) is 27.9 Å². The van der Waals surface area contributed by atoms with Crippen LogP contribution in [0.5, 0.6) is 17.4 Å². The molecule has 190 valence electrons. The average molecular weight is 504 g/mol. The summed E-state index contributed by atoms with van der Waals surface area (Å²) in [6, 6.07) is 14.0. The van der Waals surface area contributed by atoms with Crippen LogP contribution in [0.15, 0.2) is 42.5 Å². The van der Waals surface area contributed by atoms with Gasteiger partial charge in [-0.15, -0.1) is 0 Å². The minimum atomic E-state index is -1.33. The summed E-state index contributed by atoms with van der Waals surface area (Å²) < 4.78 is 16.5. The number of aromatic carboxylic acids is 1. The number of likely N-dealkylation sites (tertiary alicyclic amines) is 1. The van der Waals surface area contributed by atoms with E-state index in [4.69, 9.17) is 25.2 Å². The fourth-order valence-corrected chi connectivity index (χ4v) is 4.12. The van der Waals surface area contributed by atoms with Gasteiger partial charge in [0.05, 0.1) is 32.5 Å². The van der Waals surface area contributed by atoms with E-state index in [0.717, 1.165) is 5.56 Å². The van der Waals surface area contributed by atoms with E-state index in [1.807, 2.05) is 12.1 Å². The van der Waals surface area contributed by atoms with Gasteiger partial charge < -0.3 is 30.0 Å². The summed E-state index contributed by atoms with van der Waals surface area (Å²) >= 11 is 0. The Balaban J connectivity index is 1.50. The first-order valence-electron chi connectivity index (χ1n) is 11.4. The Morgan fingerprint density at radius 3 is 2.73 bits per heavy atom. The number of amides is 1. The quantitative estimate of drug-likeness (QED) is 0.444. The molecule has 11 heteroatoms. The molecule has 37 heavy (non-hydrogen) atoms. The topological polar surface area (TPSA) is 161 Å². The summed E-state index contributed by atoms with van der Waals surface area (Å²) in [6.07, 6.45) is 0.235. The number of aromatic nitrogens is 2. The molecular weight excluding hydrogens is 478 g/mol. The third kappa shape index (κ3) is 5.54. The van der Waals surface area contributed by atoms with Gasteiger partial charge in [0.2, 0.25) is 11.8 Å². The molecule has 1 amide bonds. The second-order valence-electron chi connectivity index (χ2n) is 8.44. The maximum Gasteiger partial charge on any atom is 0.345 e. The van der Waals surface area contributed by atoms with E-state index < -0.39 is 5.97 Å². The number of methoxy groups -OCH3 is 2. The summed E-state index contributed by atoms with van der Waals surface area (Å²) in [5, 5.41) is 18.8. The van der Waals surface area contributed by atoms with Gasteiger partial charge in [-0.25, -0.2) is 9.78 Å². The minimum absolute atomic E-state index is 0.0520. The second-order valence-corrected chi connectivity index (χ2v) is 8.44. The van der Waals surface area contributed by atoms with E-state index in [0.29, 0.717) is 35.7 Å². The van der Waals surface area contributed by atoms with Crippen molar-refractivity contribution < 1.29 is 28.9 Å². The third-order valence-electron chi connectivity index (χ3n) is 5.97. The van der Waals surface area contributed by atoms with Gasteiger partial charge in [0.25, 0.3) is 0 Å². The number of carboxylic acids is 1. The monoisotopic (exact) mass is 503 g/mol. The number of benzene rings is 2. The molecule has 1 saturated heterocycles. The van der Waals surface area contributed by atoms with Crippen molar-refractivity contribution in [3.8, 4) is 34.8 Å². The lowest BCUT2D eigenvalue weighted by molar-refractivity contribution is -0.128. The first-order chi connectivity index (χ1) is 17.8. The van der Waals surface area contributed by atoms with Crippen LogP contribution in [0.2, 0.25) is 0 Å². The fourth-order valence-electron chi connectivity index (χ4n) is 4.12. The highest BCUT2D eigenvalue weighted by Crippen LogP contribution is 2.30. The van der Waals surface area contributed by atoms with Gasteiger partial charge in [0.1, 0.15) is 17.3 Å². The number of carbonyl (C=O) groups excluding carboxylic acids is 1. The predicted octanol–water partition coefficient (Wildman–Crippen LogP) is 2.74. The Bertz CT molecular complexity index is 1390. The molecule has 0 bridgehead atoms. The normalized spacial score (nSPS) is 14.8. The largest absolute Gasteiger partial charge is 0.497 e. The maximum atomic E-state index is 12.7. The van der Waals surface area contributed by atoms with E-state index in [1.54, 1.807) is 55.5 Å². The first-order valence-corrected chi connectivity index (χ1v) is 11.4. The number of rotatable bonds is 9. The lowest BCUT2D eigenvalue weighted by Crippen LogP contribution is -2.25. The average Bonchev–Trinajstić information content (AvgIpc) is 3.25. The Kier molecular flexibility index (Phi) is 7.39. The zero-order chi connectivity index (χ0) is 26.5. The molecule has 2 heterocycles. The van der Waals surface area contributed by atoms with Crippen molar-refractivity contribution in [2.45, 2.75) is 13.0 Å². The number of hydrogen-bond acceptors (Lipinski definition) is 9. The van der Waals surface area contributed by atoms with Crippen LogP contribution in [-0.2, 0) is 11.3 Å². The summed E-state index contributed by atoms with van der Waals surface area (Å²) in [5.41, 5.74) is 7.29. The number of nitrogens with zero attached hydrogens (tertiary/aromatic N) is 4. The smallest absolute Gasteiger partial charge is 0.345 e. The van der Waals surface area contributed by atoms with Crippen LogP contribution in [0.4, 0.5) is 5.82 Å². The van der Waals surface area contributed by atoms with E-state index in [2.05, 4.69) is 9.97 Å².